The van der Waals surface area contributed by atoms with Crippen LogP contribution >= 0.6 is 23.2 Å². The molecule has 0 saturated heterocycles. The van der Waals surface area contributed by atoms with Crippen molar-refractivity contribution in [2.45, 2.75) is 6.92 Å². The van der Waals surface area contributed by atoms with E-state index in [9.17, 15) is 9.59 Å². The lowest BCUT2D eigenvalue weighted by Gasteiger charge is -2.21. The Labute approximate surface area is 230 Å². The molecule has 0 aliphatic heterocycles. The number of hydrogen-bond acceptors (Lipinski definition) is 5. The topological polar surface area (TPSA) is 85.7 Å². The lowest BCUT2D eigenvalue weighted by Crippen LogP contribution is -2.38. The van der Waals surface area contributed by atoms with E-state index in [0.717, 1.165) is 5.56 Å². The van der Waals surface area contributed by atoms with Gasteiger partial charge in [0.25, 0.3) is 5.91 Å². The van der Waals surface area contributed by atoms with Crippen LogP contribution in [0.3, 0.4) is 0 Å². The smallest absolute Gasteiger partial charge is 0.254 e. The Morgan fingerprint density at radius 1 is 0.921 bits per heavy atom. The van der Waals surface area contributed by atoms with Crippen LogP contribution in [0, 0.1) is 0 Å². The van der Waals surface area contributed by atoms with Crippen LogP contribution in [0.1, 0.15) is 17.3 Å². The second-order valence-corrected chi connectivity index (χ2v) is 9.07. The largest absolute Gasteiger partial charge is 0.497 e. The van der Waals surface area contributed by atoms with Gasteiger partial charge in [0.05, 0.1) is 35.6 Å². The molecule has 0 spiro atoms. The van der Waals surface area contributed by atoms with Crippen molar-refractivity contribution in [2.75, 3.05) is 32.6 Å². The molecule has 1 N–H and O–H groups in total. The Morgan fingerprint density at radius 2 is 1.61 bits per heavy atom. The molecule has 0 unspecified atom stereocenters. The number of carbonyl (C=O) groups is 2. The molecular formula is C28H26Cl2N4O4. The zero-order valence-electron chi connectivity index (χ0n) is 21.1. The first-order chi connectivity index (χ1) is 18.3. The second kappa shape index (κ2) is 12.0. The van der Waals surface area contributed by atoms with E-state index in [-0.39, 0.29) is 12.5 Å². The molecule has 38 heavy (non-hydrogen) atoms. The number of benzene rings is 3. The fourth-order valence-corrected chi connectivity index (χ4v) is 4.12. The summed E-state index contributed by atoms with van der Waals surface area (Å²) in [5.74, 6) is 0.650. The maximum atomic E-state index is 13.2. The number of nitrogens with one attached hydrogen (secondary N) is 1. The van der Waals surface area contributed by atoms with Crippen molar-refractivity contribution < 1.29 is 19.1 Å². The quantitative estimate of drug-likeness (QED) is 0.276. The van der Waals surface area contributed by atoms with E-state index in [1.165, 1.54) is 19.1 Å². The maximum absolute atomic E-state index is 13.2. The highest BCUT2D eigenvalue weighted by Gasteiger charge is 2.21. The molecule has 1 heterocycles. The Hall–Kier alpha value is -4.01. The predicted molar refractivity (Wildman–Crippen MR) is 149 cm³/mol. The molecule has 0 saturated carbocycles. The van der Waals surface area contributed by atoms with Crippen LogP contribution in [0.2, 0.25) is 10.0 Å². The van der Waals surface area contributed by atoms with E-state index in [4.69, 9.17) is 32.7 Å². The summed E-state index contributed by atoms with van der Waals surface area (Å²) >= 11 is 12.3. The molecule has 3 aromatic carbocycles. The third-order valence-electron chi connectivity index (χ3n) is 5.80. The summed E-state index contributed by atoms with van der Waals surface area (Å²) in [7, 11) is 3.02. The van der Waals surface area contributed by atoms with Gasteiger partial charge in [0.1, 0.15) is 23.9 Å². The Kier molecular flexibility index (Phi) is 8.55. The van der Waals surface area contributed by atoms with Crippen molar-refractivity contribution in [3.63, 3.8) is 0 Å². The molecule has 0 aliphatic carbocycles. The van der Waals surface area contributed by atoms with E-state index in [1.54, 1.807) is 54.1 Å². The summed E-state index contributed by atoms with van der Waals surface area (Å²) < 4.78 is 12.1. The average Bonchev–Trinajstić information content (AvgIpc) is 3.36. The Bertz CT molecular complexity index is 1430. The molecule has 0 fully saturated rings. The average molecular weight is 553 g/mol. The maximum Gasteiger partial charge on any atom is 0.254 e. The van der Waals surface area contributed by atoms with Gasteiger partial charge in [-0.05, 0) is 37.3 Å². The third kappa shape index (κ3) is 6.10. The number of hydrogen-bond donors (Lipinski definition) is 1. The number of likely N-dealkylation sites (N-methyl/N-ethyl adjacent to an activating group) is 1. The first-order valence-electron chi connectivity index (χ1n) is 11.8. The molecule has 0 radical (unpaired) electrons. The van der Waals surface area contributed by atoms with Gasteiger partial charge in [-0.2, -0.15) is 5.10 Å². The summed E-state index contributed by atoms with van der Waals surface area (Å²) in [5.41, 5.74) is 2.49. The minimum absolute atomic E-state index is 0.178. The van der Waals surface area contributed by atoms with E-state index < -0.39 is 5.91 Å². The minimum atomic E-state index is -0.393. The number of ether oxygens (including phenoxy) is 2. The van der Waals surface area contributed by atoms with Crippen LogP contribution in [-0.4, -0.2) is 53.8 Å². The zero-order chi connectivity index (χ0) is 27.2. The molecule has 0 aliphatic rings. The minimum Gasteiger partial charge on any atom is -0.497 e. The number of carbonyl (C=O) groups excluding carboxylic acids is 2. The Balaban J connectivity index is 1.61. The molecule has 1 aromatic heterocycles. The fourth-order valence-electron chi connectivity index (χ4n) is 3.83. The molecular weight excluding hydrogens is 527 g/mol. The van der Waals surface area contributed by atoms with Crippen molar-refractivity contribution in [3.8, 4) is 28.4 Å². The van der Waals surface area contributed by atoms with Gasteiger partial charge in [-0.1, -0.05) is 53.5 Å². The first kappa shape index (κ1) is 27.0. The highest BCUT2D eigenvalue weighted by Crippen LogP contribution is 2.29. The summed E-state index contributed by atoms with van der Waals surface area (Å²) in [6.07, 6.45) is 0. The van der Waals surface area contributed by atoms with Crippen LogP contribution in [0.5, 0.6) is 11.5 Å². The summed E-state index contributed by atoms with van der Waals surface area (Å²) in [4.78, 5) is 27.8. The standard InChI is InChI=1S/C28H26Cl2N4O4/c1-4-33(28(36)19-12-21(37-2)15-22(13-19)38-3)17-27(35)31-26-16-25(18-8-6-5-7-9-18)32-34(26)20-10-11-23(29)24(30)14-20/h5-16H,4,17H2,1-3H3,(H,31,35). The number of aromatic nitrogens is 2. The summed E-state index contributed by atoms with van der Waals surface area (Å²) in [6.45, 7) is 1.94. The number of anilines is 1. The molecule has 196 valence electrons. The number of halogens is 2. The highest BCUT2D eigenvalue weighted by atomic mass is 35.5. The second-order valence-electron chi connectivity index (χ2n) is 8.26. The van der Waals surface area contributed by atoms with Gasteiger partial charge in [-0.3, -0.25) is 9.59 Å². The van der Waals surface area contributed by atoms with E-state index in [1.807, 2.05) is 30.3 Å². The number of rotatable bonds is 9. The lowest BCUT2D eigenvalue weighted by molar-refractivity contribution is -0.116. The number of methoxy groups -OCH3 is 2. The molecule has 8 nitrogen and oxygen atoms in total. The SMILES string of the molecule is CCN(CC(=O)Nc1cc(-c2ccccc2)nn1-c1ccc(Cl)c(Cl)c1)C(=O)c1cc(OC)cc(OC)c1. The summed E-state index contributed by atoms with van der Waals surface area (Å²) in [5, 5.41) is 8.34. The monoisotopic (exact) mass is 552 g/mol. The van der Waals surface area contributed by atoms with Crippen molar-refractivity contribution >= 4 is 40.8 Å². The summed E-state index contributed by atoms with van der Waals surface area (Å²) in [6, 6.07) is 21.3. The van der Waals surface area contributed by atoms with Crippen LogP contribution in [0.15, 0.2) is 72.8 Å². The van der Waals surface area contributed by atoms with Crippen LogP contribution in [-0.2, 0) is 4.79 Å². The Morgan fingerprint density at radius 3 is 2.21 bits per heavy atom. The lowest BCUT2D eigenvalue weighted by atomic mass is 10.1. The molecule has 10 heteroatoms. The van der Waals surface area contributed by atoms with Gasteiger partial charge in [-0.15, -0.1) is 0 Å². The van der Waals surface area contributed by atoms with Crippen molar-refractivity contribution in [2.24, 2.45) is 0 Å². The van der Waals surface area contributed by atoms with Crippen molar-refractivity contribution in [3.05, 3.63) is 88.4 Å². The zero-order valence-corrected chi connectivity index (χ0v) is 22.6. The molecule has 4 aromatic rings. The first-order valence-corrected chi connectivity index (χ1v) is 12.5. The van der Waals surface area contributed by atoms with Crippen LogP contribution < -0.4 is 14.8 Å². The molecule has 0 bridgehead atoms. The highest BCUT2D eigenvalue weighted by molar-refractivity contribution is 6.42. The van der Waals surface area contributed by atoms with Crippen molar-refractivity contribution in [1.29, 1.82) is 0 Å². The predicted octanol–water partition coefficient (Wildman–Crippen LogP) is 5.96. The van der Waals surface area contributed by atoms with Crippen LogP contribution in [0.25, 0.3) is 16.9 Å². The third-order valence-corrected chi connectivity index (χ3v) is 6.53. The van der Waals surface area contributed by atoms with Gasteiger partial charge in [0, 0.05) is 29.8 Å². The van der Waals surface area contributed by atoms with Gasteiger partial charge in [-0.25, -0.2) is 4.68 Å². The van der Waals surface area contributed by atoms with Gasteiger partial charge < -0.3 is 19.7 Å². The normalized spacial score (nSPS) is 10.7. The van der Waals surface area contributed by atoms with Crippen LogP contribution in [0.4, 0.5) is 5.82 Å². The van der Waals surface area contributed by atoms with E-state index >= 15 is 0 Å². The van der Waals surface area contributed by atoms with Gasteiger partial charge in [0.15, 0.2) is 0 Å². The van der Waals surface area contributed by atoms with Gasteiger partial charge in [0.2, 0.25) is 5.91 Å². The number of amides is 2. The molecule has 0 atom stereocenters. The molecule has 2 amide bonds. The number of nitrogens with zero attached hydrogens (tertiary/aromatic N) is 3. The molecule has 4 rings (SSSR count). The fraction of sp³-hybridized carbons (Fsp3) is 0.179. The van der Waals surface area contributed by atoms with E-state index in [2.05, 4.69) is 10.4 Å². The van der Waals surface area contributed by atoms with E-state index in [0.29, 0.717) is 50.9 Å². The van der Waals surface area contributed by atoms with Crippen molar-refractivity contribution in [1.82, 2.24) is 14.7 Å². The van der Waals surface area contributed by atoms with Gasteiger partial charge >= 0.3 is 0 Å².